The summed E-state index contributed by atoms with van der Waals surface area (Å²) in [6.45, 7) is 20.7. The van der Waals surface area contributed by atoms with Crippen LogP contribution >= 0.6 is 22.9 Å². The van der Waals surface area contributed by atoms with Gasteiger partial charge >= 0.3 is 6.09 Å². The molecule has 24 heteroatoms. The molecule has 404 valence electrons. The highest BCUT2D eigenvalue weighted by Gasteiger charge is 2.23. The van der Waals surface area contributed by atoms with Crippen molar-refractivity contribution in [3.05, 3.63) is 51.7 Å². The highest BCUT2D eigenvalue weighted by molar-refractivity contribution is 7.17. The number of carbonyl (C=O) groups is 3. The number of nitrogens with zero attached hydrogens (tertiary/aromatic N) is 5. The van der Waals surface area contributed by atoms with Gasteiger partial charge in [0.15, 0.2) is 5.13 Å². The van der Waals surface area contributed by atoms with E-state index in [9.17, 15) is 14.4 Å². The van der Waals surface area contributed by atoms with Crippen molar-refractivity contribution in [2.75, 3.05) is 180 Å². The monoisotopic (exact) mass is 1050 g/mol. The fourth-order valence-electron chi connectivity index (χ4n) is 6.41. The van der Waals surface area contributed by atoms with E-state index in [2.05, 4.69) is 35.8 Å². The maximum absolute atomic E-state index is 12.9. The number of para-hydroxylation sites is 1. The van der Waals surface area contributed by atoms with Crippen LogP contribution in [0.3, 0.4) is 0 Å². The summed E-state index contributed by atoms with van der Waals surface area (Å²) in [6.07, 6.45) is 1.34. The minimum absolute atomic E-state index is 0.0434. The summed E-state index contributed by atoms with van der Waals surface area (Å²) in [4.78, 5) is 55.2. The number of nitrogens with one attached hydrogen (secondary N) is 3. The van der Waals surface area contributed by atoms with Crippen LogP contribution in [0.15, 0.2) is 30.5 Å². The first-order chi connectivity index (χ1) is 34.9. The summed E-state index contributed by atoms with van der Waals surface area (Å²) in [7, 11) is 0. The fourth-order valence-corrected chi connectivity index (χ4v) is 7.40. The Morgan fingerprint density at radius 1 is 0.667 bits per heavy atom. The Bertz CT molecular complexity index is 1970. The van der Waals surface area contributed by atoms with Gasteiger partial charge in [-0.3, -0.25) is 9.59 Å². The molecular formula is C48H75ClN8O14S. The van der Waals surface area contributed by atoms with E-state index in [-0.39, 0.29) is 11.8 Å². The number of aromatic nitrogens is 3. The summed E-state index contributed by atoms with van der Waals surface area (Å²) >= 11 is 7.49. The van der Waals surface area contributed by atoms with Crippen LogP contribution in [0, 0.1) is 13.8 Å². The van der Waals surface area contributed by atoms with E-state index < -0.39 is 11.7 Å². The number of alkyl carbamates (subject to hydrolysis) is 1. The van der Waals surface area contributed by atoms with Crippen LogP contribution in [-0.2, 0) is 56.9 Å². The first-order valence-electron chi connectivity index (χ1n) is 24.3. The fraction of sp³-hybridized carbons (Fsp3) is 0.667. The minimum Gasteiger partial charge on any atom is -0.444 e. The number of halogens is 1. The van der Waals surface area contributed by atoms with Crippen molar-refractivity contribution >= 4 is 63.3 Å². The van der Waals surface area contributed by atoms with Gasteiger partial charge in [0.2, 0.25) is 5.91 Å². The largest absolute Gasteiger partial charge is 0.444 e. The molecule has 3 amide bonds. The van der Waals surface area contributed by atoms with Crippen LogP contribution in [-0.4, -0.2) is 208 Å². The first-order valence-corrected chi connectivity index (χ1v) is 25.5. The third kappa shape index (κ3) is 26.5. The molecule has 3 heterocycles. The molecule has 0 atom stereocenters. The molecule has 22 nitrogen and oxygen atoms in total. The van der Waals surface area contributed by atoms with Crippen molar-refractivity contribution < 1.29 is 66.5 Å². The van der Waals surface area contributed by atoms with E-state index in [1.54, 1.807) is 6.07 Å². The van der Waals surface area contributed by atoms with Crippen LogP contribution < -0.4 is 20.9 Å². The number of ether oxygens (including phenoxy) is 11. The van der Waals surface area contributed by atoms with E-state index in [4.69, 9.17) is 63.7 Å². The molecule has 1 aliphatic rings. The molecule has 1 saturated heterocycles. The molecule has 0 bridgehead atoms. The summed E-state index contributed by atoms with van der Waals surface area (Å²) in [5, 5.41) is 9.68. The average Bonchev–Trinajstić information content (AvgIpc) is 3.82. The van der Waals surface area contributed by atoms with Gasteiger partial charge in [-0.1, -0.05) is 35.1 Å². The number of thiazole rings is 1. The quantitative estimate of drug-likeness (QED) is 0.0646. The van der Waals surface area contributed by atoms with Crippen molar-refractivity contribution in [2.24, 2.45) is 0 Å². The molecule has 0 aliphatic carbocycles. The number of aryl methyl sites for hydroxylation is 2. The van der Waals surface area contributed by atoms with Gasteiger partial charge in [-0.2, -0.15) is 0 Å². The van der Waals surface area contributed by atoms with Crippen LogP contribution in [0.2, 0.25) is 5.02 Å². The molecule has 3 N–H and O–H groups in total. The Balaban J connectivity index is 0.861. The zero-order valence-electron chi connectivity index (χ0n) is 42.5. The molecule has 72 heavy (non-hydrogen) atoms. The van der Waals surface area contributed by atoms with Gasteiger partial charge in [0.25, 0.3) is 5.91 Å². The van der Waals surface area contributed by atoms with E-state index in [1.807, 2.05) is 57.7 Å². The van der Waals surface area contributed by atoms with Gasteiger partial charge in [0, 0.05) is 38.8 Å². The molecule has 4 rings (SSSR count). The van der Waals surface area contributed by atoms with E-state index in [0.29, 0.717) is 204 Å². The number of anilines is 4. The van der Waals surface area contributed by atoms with Crippen molar-refractivity contribution in [1.29, 1.82) is 0 Å². The highest BCUT2D eigenvalue weighted by atomic mass is 35.5. The van der Waals surface area contributed by atoms with Crippen molar-refractivity contribution in [3.8, 4) is 0 Å². The van der Waals surface area contributed by atoms with Crippen molar-refractivity contribution in [1.82, 2.24) is 25.2 Å². The van der Waals surface area contributed by atoms with E-state index in [0.717, 1.165) is 11.4 Å². The molecule has 1 aromatic carbocycles. The Morgan fingerprint density at radius 2 is 1.15 bits per heavy atom. The van der Waals surface area contributed by atoms with Crippen LogP contribution in [0.4, 0.5) is 27.2 Å². The lowest BCUT2D eigenvalue weighted by Gasteiger charge is -2.35. The molecule has 0 saturated carbocycles. The molecule has 0 unspecified atom stereocenters. The zero-order valence-corrected chi connectivity index (χ0v) is 44.1. The molecule has 0 spiro atoms. The Morgan fingerprint density at radius 3 is 1.64 bits per heavy atom. The second-order valence-corrected chi connectivity index (χ2v) is 18.3. The topological polar surface area (TPSA) is 234 Å². The normalized spacial score (nSPS) is 12.9. The van der Waals surface area contributed by atoms with Gasteiger partial charge in [0.1, 0.15) is 27.9 Å². The predicted octanol–water partition coefficient (Wildman–Crippen LogP) is 4.93. The number of rotatable bonds is 38. The average molecular weight is 1060 g/mol. The lowest BCUT2D eigenvalue weighted by Crippen LogP contribution is -2.49. The maximum atomic E-state index is 12.9. The number of hydrogen-bond donors (Lipinski definition) is 3. The Kier molecular flexibility index (Phi) is 29.9. The molecule has 1 fully saturated rings. The summed E-state index contributed by atoms with van der Waals surface area (Å²) in [6, 6.07) is 7.28. The van der Waals surface area contributed by atoms with Gasteiger partial charge < -0.3 is 77.9 Å². The van der Waals surface area contributed by atoms with Crippen LogP contribution in [0.1, 0.15) is 48.3 Å². The van der Waals surface area contributed by atoms with Gasteiger partial charge in [-0.05, 0) is 46.2 Å². The number of amides is 3. The lowest BCUT2D eigenvalue weighted by atomic mass is 10.2. The number of benzene rings is 1. The molecule has 0 radical (unpaired) electrons. The summed E-state index contributed by atoms with van der Waals surface area (Å²) in [5.41, 5.74) is 0.908. The summed E-state index contributed by atoms with van der Waals surface area (Å²) in [5.74, 6) is 1.62. The van der Waals surface area contributed by atoms with Gasteiger partial charge in [-0.25, -0.2) is 19.7 Å². The Labute approximate surface area is 432 Å². The lowest BCUT2D eigenvalue weighted by molar-refractivity contribution is -0.132. The summed E-state index contributed by atoms with van der Waals surface area (Å²) < 4.78 is 60.3. The van der Waals surface area contributed by atoms with Gasteiger partial charge in [-0.15, -0.1) is 0 Å². The maximum Gasteiger partial charge on any atom is 0.407 e. The number of piperazine rings is 1. The second kappa shape index (κ2) is 35.7. The van der Waals surface area contributed by atoms with Crippen molar-refractivity contribution in [2.45, 2.75) is 46.6 Å². The number of carbonyl (C=O) groups excluding carboxylic acids is 3. The molecule has 3 aromatic rings. The third-order valence-corrected chi connectivity index (χ3v) is 11.2. The SMILES string of the molecule is Cc1nc(Nc2ncc(C(=O)Nc3c(C)cccc3Cl)s2)cc(N2CCN(C(=O)CCOCCOCCOCCOCCOCCOCCOCCOCCOCCOCCNC(=O)OC(C)(C)C)CC2)n1. The minimum atomic E-state index is -0.524. The van der Waals surface area contributed by atoms with E-state index in [1.165, 1.54) is 17.5 Å². The molecule has 2 aromatic heterocycles. The van der Waals surface area contributed by atoms with Crippen LogP contribution in [0.5, 0.6) is 0 Å². The first kappa shape index (κ1) is 60.2. The number of hydrogen-bond acceptors (Lipinski definition) is 20. The Hall–Kier alpha value is -4.37. The zero-order chi connectivity index (χ0) is 51.7. The van der Waals surface area contributed by atoms with Crippen LogP contribution in [0.25, 0.3) is 0 Å². The van der Waals surface area contributed by atoms with Gasteiger partial charge in [0.05, 0.1) is 155 Å². The predicted molar refractivity (Wildman–Crippen MR) is 272 cm³/mol. The standard InChI is InChI=1S/C48H75ClN8O14S/c1-37-7-6-8-39(49)44(37)55-45(59)40-36-51-46(72-40)54-41-35-42(53-38(2)52-41)56-11-13-57(14-12-56)43(58)9-15-61-17-19-63-21-23-65-25-27-67-29-31-69-33-34-70-32-30-68-28-26-66-24-22-64-20-18-62-16-10-50-47(60)71-48(3,4)5/h6-8,35-36H,9-34H2,1-5H3,(H,50,60)(H,55,59)(H,51,52,53,54). The highest BCUT2D eigenvalue weighted by Crippen LogP contribution is 2.28. The third-order valence-electron chi connectivity index (χ3n) is 9.93. The second-order valence-electron chi connectivity index (χ2n) is 16.9. The van der Waals surface area contributed by atoms with E-state index >= 15 is 0 Å². The molecular weight excluding hydrogens is 980 g/mol. The molecule has 1 aliphatic heterocycles. The smallest absolute Gasteiger partial charge is 0.407 e. The van der Waals surface area contributed by atoms with Crippen molar-refractivity contribution in [3.63, 3.8) is 0 Å².